The van der Waals surface area contributed by atoms with E-state index in [1.165, 1.54) is 5.56 Å². The minimum absolute atomic E-state index is 0.0873. The molecule has 0 aliphatic rings. The van der Waals surface area contributed by atoms with Crippen LogP contribution in [-0.2, 0) is 11.2 Å². The van der Waals surface area contributed by atoms with Gasteiger partial charge < -0.3 is 41.7 Å². The van der Waals surface area contributed by atoms with Crippen LogP contribution in [0, 0.1) is 0 Å². The van der Waals surface area contributed by atoms with Crippen molar-refractivity contribution < 1.29 is 35.4 Å². The summed E-state index contributed by atoms with van der Waals surface area (Å²) in [5, 5.41) is 60.7. The van der Waals surface area contributed by atoms with Gasteiger partial charge in [0.1, 0.15) is 24.4 Å². The number of aliphatic hydroxyl groups excluding tert-OH is 5. The van der Waals surface area contributed by atoms with Gasteiger partial charge in [0.2, 0.25) is 0 Å². The number of benzene rings is 1. The molecule has 9 nitrogen and oxygen atoms in total. The van der Waals surface area contributed by atoms with Gasteiger partial charge in [-0.25, -0.2) is 0 Å². The lowest BCUT2D eigenvalue weighted by atomic mass is 9.95. The topological polar surface area (TPSA) is 176 Å². The van der Waals surface area contributed by atoms with E-state index in [0.717, 1.165) is 12.8 Å². The fourth-order valence-electron chi connectivity index (χ4n) is 3.25. The molecule has 0 aromatic heterocycles. The van der Waals surface area contributed by atoms with Crippen molar-refractivity contribution in [2.75, 3.05) is 13.2 Å². The van der Waals surface area contributed by atoms with Crippen molar-refractivity contribution in [3.63, 3.8) is 0 Å². The summed E-state index contributed by atoms with van der Waals surface area (Å²) in [7, 11) is 0. The molecule has 0 fully saturated rings. The number of carboxylic acid groups (broad SMARTS) is 1. The molecule has 0 spiro atoms. The van der Waals surface area contributed by atoms with Gasteiger partial charge in [-0.2, -0.15) is 0 Å². The predicted molar refractivity (Wildman–Crippen MR) is 112 cm³/mol. The summed E-state index contributed by atoms with van der Waals surface area (Å²) in [6, 6.07) is 8.78. The van der Waals surface area contributed by atoms with E-state index in [1.807, 2.05) is 30.3 Å². The lowest BCUT2D eigenvalue weighted by Crippen LogP contribution is -2.48. The SMILES string of the molecule is N[C@@H](CCCC(C[C@H](O)[C@@H](O)[C@H](O)[C@H](O)CO)NCCCc1ccccc1)C(=O)O. The number of aliphatic carboxylic acids is 1. The Labute approximate surface area is 177 Å². The van der Waals surface area contributed by atoms with Crippen LogP contribution in [0.3, 0.4) is 0 Å². The average molecular weight is 429 g/mol. The fraction of sp³-hybridized carbons (Fsp3) is 0.667. The van der Waals surface area contributed by atoms with E-state index in [2.05, 4.69) is 5.32 Å². The standard InChI is InChI=1S/C21H36N2O7/c22-16(21(29)30)10-4-9-15(12-17(25)19(27)20(28)18(26)13-24)23-11-5-8-14-6-2-1-3-7-14/h1-3,6-7,15-20,23-28H,4-5,8-13,22H2,(H,29,30)/t15?,16-,17-,18+,19+,20+/m0/s1. The molecule has 0 bridgehead atoms. The summed E-state index contributed by atoms with van der Waals surface area (Å²) in [4.78, 5) is 10.9. The Kier molecular flexibility index (Phi) is 12.7. The third-order valence-corrected chi connectivity index (χ3v) is 5.15. The van der Waals surface area contributed by atoms with Crippen molar-refractivity contribution in [1.29, 1.82) is 0 Å². The van der Waals surface area contributed by atoms with E-state index in [0.29, 0.717) is 19.4 Å². The first kappa shape index (κ1) is 26.4. The molecule has 0 amide bonds. The van der Waals surface area contributed by atoms with Crippen molar-refractivity contribution >= 4 is 5.97 Å². The second-order valence-electron chi connectivity index (χ2n) is 7.65. The molecule has 9 heteroatoms. The number of carboxylic acids is 1. The highest BCUT2D eigenvalue weighted by Gasteiger charge is 2.31. The minimum Gasteiger partial charge on any atom is -0.480 e. The Morgan fingerprint density at radius 2 is 1.60 bits per heavy atom. The third-order valence-electron chi connectivity index (χ3n) is 5.15. The molecule has 1 rings (SSSR count). The molecular formula is C21H36N2O7. The van der Waals surface area contributed by atoms with E-state index in [1.54, 1.807) is 0 Å². The van der Waals surface area contributed by atoms with Gasteiger partial charge in [0.15, 0.2) is 0 Å². The van der Waals surface area contributed by atoms with Crippen LogP contribution < -0.4 is 11.1 Å². The Balaban J connectivity index is 2.56. The van der Waals surface area contributed by atoms with Crippen LogP contribution in [0.15, 0.2) is 30.3 Å². The number of nitrogens with two attached hydrogens (primary N) is 1. The van der Waals surface area contributed by atoms with Gasteiger partial charge in [-0.1, -0.05) is 30.3 Å². The molecule has 172 valence electrons. The predicted octanol–water partition coefficient (Wildman–Crippen LogP) is -1.01. The fourth-order valence-corrected chi connectivity index (χ4v) is 3.25. The molecule has 0 saturated carbocycles. The van der Waals surface area contributed by atoms with Gasteiger partial charge in [-0.15, -0.1) is 0 Å². The largest absolute Gasteiger partial charge is 0.480 e. The normalized spacial score (nSPS) is 17.7. The zero-order valence-corrected chi connectivity index (χ0v) is 17.2. The summed E-state index contributed by atoms with van der Waals surface area (Å²) in [5.41, 5.74) is 6.74. The van der Waals surface area contributed by atoms with E-state index < -0.39 is 43.0 Å². The highest BCUT2D eigenvalue weighted by atomic mass is 16.4. The van der Waals surface area contributed by atoms with Crippen LogP contribution in [0.2, 0.25) is 0 Å². The number of aryl methyl sites for hydroxylation is 1. The molecule has 0 radical (unpaired) electrons. The molecule has 0 saturated heterocycles. The number of nitrogens with one attached hydrogen (secondary N) is 1. The molecule has 6 atom stereocenters. The van der Waals surface area contributed by atoms with Gasteiger partial charge in [-0.3, -0.25) is 4.79 Å². The van der Waals surface area contributed by atoms with Crippen LogP contribution >= 0.6 is 0 Å². The first-order valence-corrected chi connectivity index (χ1v) is 10.3. The molecule has 1 aromatic rings. The van der Waals surface area contributed by atoms with Crippen LogP contribution in [0.25, 0.3) is 0 Å². The zero-order valence-electron chi connectivity index (χ0n) is 17.2. The maximum atomic E-state index is 10.9. The van der Waals surface area contributed by atoms with E-state index in [-0.39, 0.29) is 18.9 Å². The van der Waals surface area contributed by atoms with Gasteiger partial charge in [-0.05, 0) is 50.6 Å². The van der Waals surface area contributed by atoms with Crippen molar-refractivity contribution in [3.8, 4) is 0 Å². The third kappa shape index (κ3) is 9.94. The quantitative estimate of drug-likeness (QED) is 0.153. The molecule has 30 heavy (non-hydrogen) atoms. The first-order chi connectivity index (χ1) is 14.3. The molecule has 0 aliphatic carbocycles. The smallest absolute Gasteiger partial charge is 0.320 e. The Hall–Kier alpha value is -1.59. The minimum atomic E-state index is -1.68. The molecule has 9 N–H and O–H groups in total. The second kappa shape index (κ2) is 14.4. The Morgan fingerprint density at radius 3 is 2.20 bits per heavy atom. The van der Waals surface area contributed by atoms with Crippen LogP contribution in [-0.4, -0.2) is 86.3 Å². The number of aliphatic hydroxyl groups is 5. The molecule has 1 aromatic carbocycles. The maximum absolute atomic E-state index is 10.9. The highest BCUT2D eigenvalue weighted by molar-refractivity contribution is 5.72. The van der Waals surface area contributed by atoms with Gasteiger partial charge in [0.05, 0.1) is 12.7 Å². The zero-order chi connectivity index (χ0) is 22.5. The molecule has 0 aliphatic heterocycles. The summed E-state index contributed by atoms with van der Waals surface area (Å²) in [6.45, 7) is -0.0889. The maximum Gasteiger partial charge on any atom is 0.320 e. The Bertz CT molecular complexity index is 590. The van der Waals surface area contributed by atoms with Crippen molar-refractivity contribution in [2.24, 2.45) is 5.73 Å². The van der Waals surface area contributed by atoms with Crippen LogP contribution in [0.1, 0.15) is 37.7 Å². The van der Waals surface area contributed by atoms with Crippen molar-refractivity contribution in [1.82, 2.24) is 5.32 Å². The van der Waals surface area contributed by atoms with E-state index >= 15 is 0 Å². The van der Waals surface area contributed by atoms with Crippen molar-refractivity contribution in [3.05, 3.63) is 35.9 Å². The monoisotopic (exact) mass is 428 g/mol. The average Bonchev–Trinajstić information content (AvgIpc) is 2.75. The lowest BCUT2D eigenvalue weighted by Gasteiger charge is -2.29. The Morgan fingerprint density at radius 1 is 0.967 bits per heavy atom. The van der Waals surface area contributed by atoms with Crippen LogP contribution in [0.4, 0.5) is 0 Å². The highest BCUT2D eigenvalue weighted by Crippen LogP contribution is 2.14. The number of hydrogen-bond acceptors (Lipinski definition) is 8. The number of rotatable bonds is 16. The van der Waals surface area contributed by atoms with E-state index in [9.17, 15) is 25.2 Å². The molecule has 1 unspecified atom stereocenters. The second-order valence-corrected chi connectivity index (χ2v) is 7.65. The molecule has 0 heterocycles. The van der Waals surface area contributed by atoms with Gasteiger partial charge >= 0.3 is 5.97 Å². The summed E-state index contributed by atoms with van der Waals surface area (Å²) in [5.74, 6) is -1.07. The number of carbonyl (C=O) groups is 1. The summed E-state index contributed by atoms with van der Waals surface area (Å²) in [6.07, 6.45) is -3.07. The number of hydrogen-bond donors (Lipinski definition) is 8. The van der Waals surface area contributed by atoms with Gasteiger partial charge in [0.25, 0.3) is 0 Å². The van der Waals surface area contributed by atoms with Crippen molar-refractivity contribution in [2.45, 2.75) is 75.0 Å². The van der Waals surface area contributed by atoms with Crippen LogP contribution in [0.5, 0.6) is 0 Å². The van der Waals surface area contributed by atoms with E-state index in [4.69, 9.17) is 15.9 Å². The lowest BCUT2D eigenvalue weighted by molar-refractivity contribution is -0.138. The molecular weight excluding hydrogens is 392 g/mol. The van der Waals surface area contributed by atoms with Gasteiger partial charge in [0, 0.05) is 6.04 Å². The first-order valence-electron chi connectivity index (χ1n) is 10.3. The summed E-state index contributed by atoms with van der Waals surface area (Å²) >= 11 is 0. The summed E-state index contributed by atoms with van der Waals surface area (Å²) < 4.78 is 0.